The van der Waals surface area contributed by atoms with Gasteiger partial charge in [0.25, 0.3) is 0 Å². The molecule has 3 nitrogen and oxygen atoms in total. The van der Waals surface area contributed by atoms with Crippen molar-refractivity contribution in [1.82, 2.24) is 0 Å². The molecule has 0 atom stereocenters. The SMILES string of the molecule is CC(=O)Nc1ccc2c(c1C#N)CCCC2. The highest BCUT2D eigenvalue weighted by Gasteiger charge is 2.16. The number of amides is 1. The first-order chi connectivity index (χ1) is 7.72. The minimum atomic E-state index is -0.132. The summed E-state index contributed by atoms with van der Waals surface area (Å²) in [4.78, 5) is 11.0. The number of carbonyl (C=O) groups is 1. The zero-order chi connectivity index (χ0) is 11.5. The molecule has 0 aromatic heterocycles. The van der Waals surface area contributed by atoms with Crippen LogP contribution < -0.4 is 5.32 Å². The summed E-state index contributed by atoms with van der Waals surface area (Å²) >= 11 is 0. The van der Waals surface area contributed by atoms with Crippen LogP contribution in [0.1, 0.15) is 36.5 Å². The van der Waals surface area contributed by atoms with Crippen molar-refractivity contribution in [2.75, 3.05) is 5.32 Å². The zero-order valence-corrected chi connectivity index (χ0v) is 9.34. The van der Waals surface area contributed by atoms with E-state index in [2.05, 4.69) is 11.4 Å². The zero-order valence-electron chi connectivity index (χ0n) is 9.34. The molecule has 1 aliphatic rings. The van der Waals surface area contributed by atoms with Gasteiger partial charge in [0.05, 0.1) is 11.3 Å². The number of aryl methyl sites for hydroxylation is 1. The Balaban J connectivity index is 2.48. The molecule has 1 aromatic carbocycles. The second-order valence-electron chi connectivity index (χ2n) is 4.13. The molecule has 0 saturated carbocycles. The van der Waals surface area contributed by atoms with Crippen molar-refractivity contribution >= 4 is 11.6 Å². The number of fused-ring (bicyclic) bond motifs is 1. The van der Waals surface area contributed by atoms with Gasteiger partial charge < -0.3 is 5.32 Å². The van der Waals surface area contributed by atoms with Gasteiger partial charge in [-0.1, -0.05) is 6.07 Å². The molecule has 0 unspecified atom stereocenters. The van der Waals surface area contributed by atoms with Gasteiger partial charge in [-0.05, 0) is 42.9 Å². The monoisotopic (exact) mass is 214 g/mol. The number of benzene rings is 1. The van der Waals surface area contributed by atoms with Gasteiger partial charge in [0.1, 0.15) is 6.07 Å². The summed E-state index contributed by atoms with van der Waals surface area (Å²) in [7, 11) is 0. The number of rotatable bonds is 1. The summed E-state index contributed by atoms with van der Waals surface area (Å²) in [5, 5.41) is 11.9. The molecular weight excluding hydrogens is 200 g/mol. The lowest BCUT2D eigenvalue weighted by Gasteiger charge is -2.18. The average molecular weight is 214 g/mol. The molecule has 0 radical (unpaired) electrons. The molecule has 1 aromatic rings. The fourth-order valence-corrected chi connectivity index (χ4v) is 2.25. The van der Waals surface area contributed by atoms with E-state index in [0.29, 0.717) is 11.3 Å². The number of nitriles is 1. The number of hydrogen-bond acceptors (Lipinski definition) is 2. The van der Waals surface area contributed by atoms with Crippen LogP contribution in [0.4, 0.5) is 5.69 Å². The van der Waals surface area contributed by atoms with Crippen molar-refractivity contribution in [2.45, 2.75) is 32.6 Å². The molecule has 16 heavy (non-hydrogen) atoms. The molecule has 0 fully saturated rings. The first kappa shape index (κ1) is 10.7. The van der Waals surface area contributed by atoms with E-state index in [1.54, 1.807) is 0 Å². The molecular formula is C13H14N2O. The number of nitrogens with one attached hydrogen (secondary N) is 1. The molecule has 0 aliphatic heterocycles. The maximum atomic E-state index is 11.0. The third-order valence-electron chi connectivity index (χ3n) is 2.96. The summed E-state index contributed by atoms with van der Waals surface area (Å²) < 4.78 is 0. The van der Waals surface area contributed by atoms with E-state index in [1.807, 2.05) is 12.1 Å². The van der Waals surface area contributed by atoms with Crippen LogP contribution in [0.5, 0.6) is 0 Å². The Labute approximate surface area is 95.1 Å². The van der Waals surface area contributed by atoms with Gasteiger partial charge >= 0.3 is 0 Å². The highest BCUT2D eigenvalue weighted by molar-refractivity contribution is 5.90. The quantitative estimate of drug-likeness (QED) is 0.780. The average Bonchev–Trinajstić information content (AvgIpc) is 2.28. The highest BCUT2D eigenvalue weighted by atomic mass is 16.1. The molecule has 1 amide bonds. The lowest BCUT2D eigenvalue weighted by Crippen LogP contribution is -2.11. The standard InChI is InChI=1S/C13H14N2O/c1-9(16)15-13-7-6-10-4-2-3-5-11(10)12(13)8-14/h6-7H,2-5H2,1H3,(H,15,16). The van der Waals surface area contributed by atoms with Crippen LogP contribution in [-0.2, 0) is 17.6 Å². The minimum Gasteiger partial charge on any atom is -0.325 e. The number of nitrogens with zero attached hydrogens (tertiary/aromatic N) is 1. The van der Waals surface area contributed by atoms with E-state index in [-0.39, 0.29) is 5.91 Å². The maximum absolute atomic E-state index is 11.0. The normalized spacial score (nSPS) is 13.8. The van der Waals surface area contributed by atoms with Gasteiger partial charge in [0.2, 0.25) is 5.91 Å². The molecule has 82 valence electrons. The third-order valence-corrected chi connectivity index (χ3v) is 2.96. The second kappa shape index (κ2) is 4.36. The van der Waals surface area contributed by atoms with E-state index >= 15 is 0 Å². The predicted octanol–water partition coefficient (Wildman–Crippen LogP) is 2.40. The predicted molar refractivity (Wildman–Crippen MR) is 62.1 cm³/mol. The fraction of sp³-hybridized carbons (Fsp3) is 0.385. The topological polar surface area (TPSA) is 52.9 Å². The summed E-state index contributed by atoms with van der Waals surface area (Å²) in [6.07, 6.45) is 4.32. The van der Waals surface area contributed by atoms with Gasteiger partial charge in [-0.25, -0.2) is 0 Å². The van der Waals surface area contributed by atoms with Crippen LogP contribution in [0.2, 0.25) is 0 Å². The maximum Gasteiger partial charge on any atom is 0.221 e. The van der Waals surface area contributed by atoms with Crippen molar-refractivity contribution in [3.05, 3.63) is 28.8 Å². The molecule has 0 bridgehead atoms. The first-order valence-corrected chi connectivity index (χ1v) is 5.55. The van der Waals surface area contributed by atoms with Crippen molar-refractivity contribution < 1.29 is 4.79 Å². The van der Waals surface area contributed by atoms with Crippen molar-refractivity contribution in [1.29, 1.82) is 5.26 Å². The minimum absolute atomic E-state index is 0.132. The summed E-state index contributed by atoms with van der Waals surface area (Å²) in [6.45, 7) is 1.46. The number of carbonyl (C=O) groups excluding carboxylic acids is 1. The summed E-state index contributed by atoms with van der Waals surface area (Å²) in [5.74, 6) is -0.132. The first-order valence-electron chi connectivity index (χ1n) is 5.55. The van der Waals surface area contributed by atoms with Crippen LogP contribution in [0.25, 0.3) is 0 Å². The van der Waals surface area contributed by atoms with E-state index in [4.69, 9.17) is 0 Å². The number of hydrogen-bond donors (Lipinski definition) is 1. The fourth-order valence-electron chi connectivity index (χ4n) is 2.25. The Kier molecular flexibility index (Phi) is 2.91. The summed E-state index contributed by atoms with van der Waals surface area (Å²) in [6, 6.07) is 6.08. The van der Waals surface area contributed by atoms with Crippen molar-refractivity contribution in [3.8, 4) is 6.07 Å². The Hall–Kier alpha value is -1.82. The Morgan fingerprint density at radius 3 is 2.81 bits per heavy atom. The van der Waals surface area contributed by atoms with Gasteiger partial charge in [0.15, 0.2) is 0 Å². The number of anilines is 1. The molecule has 1 aliphatic carbocycles. The lowest BCUT2D eigenvalue weighted by molar-refractivity contribution is -0.114. The van der Waals surface area contributed by atoms with Crippen LogP contribution in [0.3, 0.4) is 0 Å². The van der Waals surface area contributed by atoms with Crippen molar-refractivity contribution in [2.24, 2.45) is 0 Å². The van der Waals surface area contributed by atoms with E-state index in [0.717, 1.165) is 24.8 Å². The highest BCUT2D eigenvalue weighted by Crippen LogP contribution is 2.29. The van der Waals surface area contributed by atoms with E-state index in [1.165, 1.54) is 18.9 Å². The molecule has 0 spiro atoms. The van der Waals surface area contributed by atoms with Gasteiger partial charge in [-0.3, -0.25) is 4.79 Å². The largest absolute Gasteiger partial charge is 0.325 e. The van der Waals surface area contributed by atoms with Crippen LogP contribution in [0, 0.1) is 11.3 Å². The van der Waals surface area contributed by atoms with Crippen LogP contribution in [0.15, 0.2) is 12.1 Å². The van der Waals surface area contributed by atoms with Crippen LogP contribution in [-0.4, -0.2) is 5.91 Å². The van der Waals surface area contributed by atoms with E-state index in [9.17, 15) is 10.1 Å². The second-order valence-corrected chi connectivity index (χ2v) is 4.13. The smallest absolute Gasteiger partial charge is 0.221 e. The molecule has 3 heteroatoms. The van der Waals surface area contributed by atoms with Gasteiger partial charge in [-0.2, -0.15) is 5.26 Å². The van der Waals surface area contributed by atoms with Gasteiger partial charge in [-0.15, -0.1) is 0 Å². The third kappa shape index (κ3) is 1.92. The lowest BCUT2D eigenvalue weighted by atomic mass is 9.88. The Morgan fingerprint density at radius 2 is 2.12 bits per heavy atom. The Morgan fingerprint density at radius 1 is 1.38 bits per heavy atom. The molecule has 2 rings (SSSR count). The van der Waals surface area contributed by atoms with E-state index < -0.39 is 0 Å². The Bertz CT molecular complexity index is 472. The van der Waals surface area contributed by atoms with Crippen LogP contribution >= 0.6 is 0 Å². The molecule has 1 N–H and O–H groups in total. The molecule has 0 saturated heterocycles. The summed E-state index contributed by atoms with van der Waals surface area (Å²) in [5.41, 5.74) is 3.68. The molecule has 0 heterocycles. The van der Waals surface area contributed by atoms with Crippen molar-refractivity contribution in [3.63, 3.8) is 0 Å². The van der Waals surface area contributed by atoms with Gasteiger partial charge in [0, 0.05) is 6.92 Å².